The molecule has 5 rings (SSSR count). The number of aliphatic imine (C=N–C) groups is 1. The highest BCUT2D eigenvalue weighted by molar-refractivity contribution is 6.55. The van der Waals surface area contributed by atoms with Crippen molar-refractivity contribution in [1.29, 1.82) is 0 Å². The number of likely N-dealkylation sites (tertiary alicyclic amines) is 1. The minimum Gasteiger partial charge on any atom is -0.299 e. The average Bonchev–Trinajstić information content (AvgIpc) is 3.01. The van der Waals surface area contributed by atoms with Crippen LogP contribution in [-0.2, 0) is 4.79 Å². The second-order valence-corrected chi connectivity index (χ2v) is 9.45. The minimum absolute atomic E-state index is 0.0931. The van der Waals surface area contributed by atoms with Crippen molar-refractivity contribution in [3.8, 4) is 0 Å². The molecule has 3 aliphatic heterocycles. The molecule has 3 heterocycles. The molecule has 1 amide bonds. The van der Waals surface area contributed by atoms with Crippen LogP contribution in [0.3, 0.4) is 0 Å². The van der Waals surface area contributed by atoms with E-state index >= 15 is 0 Å². The fourth-order valence-corrected chi connectivity index (χ4v) is 5.13. The summed E-state index contributed by atoms with van der Waals surface area (Å²) in [5.41, 5.74) is 5.96. The third-order valence-corrected chi connectivity index (χ3v) is 6.50. The van der Waals surface area contributed by atoms with E-state index in [9.17, 15) is 9.18 Å². The number of hydrogen-bond acceptors (Lipinski definition) is 3. The lowest BCUT2D eigenvalue weighted by Crippen LogP contribution is -2.48. The van der Waals surface area contributed by atoms with E-state index in [4.69, 9.17) is 0 Å². The maximum atomic E-state index is 13.6. The Bertz CT molecular complexity index is 1110. The van der Waals surface area contributed by atoms with Gasteiger partial charge in [0.1, 0.15) is 11.5 Å². The number of benzene rings is 2. The molecule has 3 aliphatic rings. The zero-order chi connectivity index (χ0) is 21.8. The summed E-state index contributed by atoms with van der Waals surface area (Å²) < 4.78 is 13.3. The Morgan fingerprint density at radius 2 is 1.71 bits per heavy atom. The van der Waals surface area contributed by atoms with E-state index in [1.807, 2.05) is 4.90 Å². The van der Waals surface area contributed by atoms with Gasteiger partial charge >= 0.3 is 0 Å². The second-order valence-electron chi connectivity index (χ2n) is 9.45. The molecule has 0 radical (unpaired) electrons. The molecule has 0 aromatic heterocycles. The first-order valence-electron chi connectivity index (χ1n) is 11.1. The monoisotopic (exact) mass is 417 g/mol. The lowest BCUT2D eigenvalue weighted by atomic mass is 9.87. The van der Waals surface area contributed by atoms with Gasteiger partial charge in [-0.3, -0.25) is 14.6 Å². The van der Waals surface area contributed by atoms with Gasteiger partial charge in [-0.2, -0.15) is 0 Å². The standard InChI is InChI=1S/C26H28FN3O/c1-17-13-21-18(16-29-11-5-4-6-12-29)15-26(2,3)30-24(21)22(14-17)23(25(30)31)28-20-9-7-19(27)8-10-20/h7-10,13-15H,4-6,11-12,16H2,1-3H3. The molecule has 4 nitrogen and oxygen atoms in total. The zero-order valence-electron chi connectivity index (χ0n) is 18.4. The van der Waals surface area contributed by atoms with Crippen LogP contribution >= 0.6 is 0 Å². The number of hydrogen-bond donors (Lipinski definition) is 0. The van der Waals surface area contributed by atoms with E-state index < -0.39 is 5.54 Å². The molecule has 0 unspecified atom stereocenters. The van der Waals surface area contributed by atoms with Crippen molar-refractivity contribution in [2.24, 2.45) is 4.99 Å². The van der Waals surface area contributed by atoms with Crippen molar-refractivity contribution >= 4 is 28.6 Å². The van der Waals surface area contributed by atoms with Gasteiger partial charge in [0.2, 0.25) is 0 Å². The van der Waals surface area contributed by atoms with E-state index in [-0.39, 0.29) is 11.7 Å². The summed E-state index contributed by atoms with van der Waals surface area (Å²) in [6.07, 6.45) is 6.07. The Balaban J connectivity index is 1.63. The van der Waals surface area contributed by atoms with E-state index in [0.717, 1.165) is 42.0 Å². The zero-order valence-corrected chi connectivity index (χ0v) is 18.4. The molecule has 0 spiro atoms. The molecule has 2 aromatic rings. The smallest absolute Gasteiger partial charge is 0.278 e. The van der Waals surface area contributed by atoms with Gasteiger partial charge in [0.25, 0.3) is 5.91 Å². The number of aryl methyl sites for hydroxylation is 1. The topological polar surface area (TPSA) is 35.9 Å². The molecule has 160 valence electrons. The van der Waals surface area contributed by atoms with Crippen LogP contribution in [0.4, 0.5) is 15.8 Å². The lowest BCUT2D eigenvalue weighted by Gasteiger charge is -2.40. The van der Waals surface area contributed by atoms with Crippen LogP contribution in [0, 0.1) is 12.7 Å². The van der Waals surface area contributed by atoms with Crippen LogP contribution in [0.1, 0.15) is 49.8 Å². The SMILES string of the molecule is Cc1cc2c3c(c1)C(=Nc1ccc(F)cc1)C(=O)N3C(C)(C)C=C2CN1CCCCC1. The van der Waals surface area contributed by atoms with E-state index in [0.29, 0.717) is 11.4 Å². The van der Waals surface area contributed by atoms with Gasteiger partial charge in [-0.15, -0.1) is 0 Å². The molecule has 2 aromatic carbocycles. The molecule has 5 heteroatoms. The number of nitrogens with zero attached hydrogens (tertiary/aromatic N) is 3. The van der Waals surface area contributed by atoms with Crippen LogP contribution in [0.25, 0.3) is 5.57 Å². The molecule has 0 saturated carbocycles. The van der Waals surface area contributed by atoms with Crippen LogP contribution in [0.5, 0.6) is 0 Å². The molecular weight excluding hydrogens is 389 g/mol. The van der Waals surface area contributed by atoms with Gasteiger partial charge in [0.15, 0.2) is 0 Å². The Morgan fingerprint density at radius 1 is 1.03 bits per heavy atom. The first-order chi connectivity index (χ1) is 14.8. The fraction of sp³-hybridized carbons (Fsp3) is 0.385. The number of carbonyl (C=O) groups is 1. The number of piperidine rings is 1. The van der Waals surface area contributed by atoms with Gasteiger partial charge in [-0.1, -0.05) is 12.5 Å². The summed E-state index contributed by atoms with van der Waals surface area (Å²) in [5, 5.41) is 0. The van der Waals surface area contributed by atoms with Gasteiger partial charge in [-0.05, 0) is 94.2 Å². The quantitative estimate of drug-likeness (QED) is 0.683. The van der Waals surface area contributed by atoms with Crippen LogP contribution in [-0.4, -0.2) is 41.7 Å². The van der Waals surface area contributed by atoms with Crippen molar-refractivity contribution in [3.05, 3.63) is 65.0 Å². The van der Waals surface area contributed by atoms with Crippen LogP contribution in [0.2, 0.25) is 0 Å². The van der Waals surface area contributed by atoms with Gasteiger partial charge in [0, 0.05) is 17.7 Å². The molecule has 1 fully saturated rings. The third-order valence-electron chi connectivity index (χ3n) is 6.50. The first-order valence-corrected chi connectivity index (χ1v) is 11.1. The average molecular weight is 418 g/mol. The maximum absolute atomic E-state index is 13.6. The lowest BCUT2D eigenvalue weighted by molar-refractivity contribution is -0.112. The predicted octanol–water partition coefficient (Wildman–Crippen LogP) is 5.26. The van der Waals surface area contributed by atoms with E-state index in [1.54, 1.807) is 12.1 Å². The molecule has 31 heavy (non-hydrogen) atoms. The number of carbonyl (C=O) groups excluding carboxylic acids is 1. The Morgan fingerprint density at radius 3 is 2.42 bits per heavy atom. The van der Waals surface area contributed by atoms with Crippen molar-refractivity contribution in [3.63, 3.8) is 0 Å². The Kier molecular flexibility index (Phi) is 4.82. The highest BCUT2D eigenvalue weighted by Gasteiger charge is 2.46. The van der Waals surface area contributed by atoms with E-state index in [1.165, 1.54) is 37.0 Å². The van der Waals surface area contributed by atoms with Crippen LogP contribution in [0.15, 0.2) is 47.5 Å². The third kappa shape index (κ3) is 3.51. The minimum atomic E-state index is -0.445. The first kappa shape index (κ1) is 20.1. The molecule has 0 N–H and O–H groups in total. The molecule has 1 saturated heterocycles. The van der Waals surface area contributed by atoms with Gasteiger partial charge < -0.3 is 0 Å². The number of amides is 1. The number of anilines is 1. The summed E-state index contributed by atoms with van der Waals surface area (Å²) in [5.74, 6) is -0.406. The van der Waals surface area contributed by atoms with Crippen molar-refractivity contribution in [2.75, 3.05) is 24.5 Å². The van der Waals surface area contributed by atoms with E-state index in [2.05, 4.69) is 48.9 Å². The van der Waals surface area contributed by atoms with Crippen LogP contribution < -0.4 is 4.90 Å². The summed E-state index contributed by atoms with van der Waals surface area (Å²) in [7, 11) is 0. The number of halogens is 1. The largest absolute Gasteiger partial charge is 0.299 e. The highest BCUT2D eigenvalue weighted by Crippen LogP contribution is 2.46. The normalized spacial score (nSPS) is 21.4. The summed E-state index contributed by atoms with van der Waals surface area (Å²) in [6, 6.07) is 10.2. The molecule has 0 atom stereocenters. The van der Waals surface area contributed by atoms with Gasteiger partial charge in [0.05, 0.1) is 16.9 Å². The summed E-state index contributed by atoms with van der Waals surface area (Å²) >= 11 is 0. The number of rotatable bonds is 3. The fourth-order valence-electron chi connectivity index (χ4n) is 5.13. The van der Waals surface area contributed by atoms with Crippen molar-refractivity contribution < 1.29 is 9.18 Å². The summed E-state index contributed by atoms with van der Waals surface area (Å²) in [6.45, 7) is 9.42. The summed E-state index contributed by atoms with van der Waals surface area (Å²) in [4.78, 5) is 22.6. The Hall–Kier alpha value is -2.79. The predicted molar refractivity (Wildman–Crippen MR) is 124 cm³/mol. The molecule has 0 aliphatic carbocycles. The maximum Gasteiger partial charge on any atom is 0.278 e. The Labute approximate surface area is 183 Å². The molecular formula is C26H28FN3O. The molecule has 0 bridgehead atoms. The van der Waals surface area contributed by atoms with Crippen molar-refractivity contribution in [1.82, 2.24) is 4.90 Å². The van der Waals surface area contributed by atoms with Gasteiger partial charge in [-0.25, -0.2) is 9.38 Å². The highest BCUT2D eigenvalue weighted by atomic mass is 19.1. The second kappa shape index (κ2) is 7.41. The van der Waals surface area contributed by atoms with Crippen molar-refractivity contribution in [2.45, 2.75) is 45.6 Å².